The Morgan fingerprint density at radius 1 is 1.15 bits per heavy atom. The number of halogens is 1. The van der Waals surface area contributed by atoms with E-state index in [4.69, 9.17) is 5.73 Å². The van der Waals surface area contributed by atoms with E-state index in [1.54, 1.807) is 0 Å². The van der Waals surface area contributed by atoms with Gasteiger partial charge in [-0.2, -0.15) is 0 Å². The number of aromatic nitrogens is 3. The lowest BCUT2D eigenvalue weighted by Crippen LogP contribution is -2.10. The molecule has 3 aromatic rings. The van der Waals surface area contributed by atoms with Crippen molar-refractivity contribution >= 4 is 38.6 Å². The Morgan fingerprint density at radius 3 is 2.65 bits per heavy atom. The molecule has 5 nitrogen and oxygen atoms in total. The van der Waals surface area contributed by atoms with Crippen LogP contribution in [-0.4, -0.2) is 29.0 Å². The summed E-state index contributed by atoms with van der Waals surface area (Å²) in [6.45, 7) is 0. The topological polar surface area (TPSA) is 70.8 Å². The molecule has 3 rings (SSSR count). The minimum Gasteiger partial charge on any atom is -0.398 e. The van der Waals surface area contributed by atoms with Crippen molar-refractivity contribution in [3.8, 4) is 11.4 Å². The Labute approximate surface area is 125 Å². The molecular formula is C14H14BrN5. The molecule has 0 radical (unpaired) electrons. The van der Waals surface area contributed by atoms with Gasteiger partial charge in [-0.15, -0.1) is 0 Å². The minimum absolute atomic E-state index is 0.706. The molecule has 0 bridgehead atoms. The Hall–Kier alpha value is -2.08. The fraction of sp³-hybridized carbons (Fsp3) is 0.143. The quantitative estimate of drug-likeness (QED) is 0.708. The molecule has 0 spiro atoms. The van der Waals surface area contributed by atoms with Crippen LogP contribution >= 0.6 is 15.9 Å². The fourth-order valence-electron chi connectivity index (χ4n) is 1.94. The molecule has 0 aliphatic carbocycles. The number of aromatic amines is 1. The van der Waals surface area contributed by atoms with Crippen LogP contribution in [-0.2, 0) is 0 Å². The molecule has 0 unspecified atom stereocenters. The van der Waals surface area contributed by atoms with Gasteiger partial charge in [-0.25, -0.2) is 9.97 Å². The third kappa shape index (κ3) is 2.22. The molecule has 2 aromatic heterocycles. The summed E-state index contributed by atoms with van der Waals surface area (Å²) in [7, 11) is 3.91. The number of pyridine rings is 1. The van der Waals surface area contributed by atoms with E-state index in [9.17, 15) is 0 Å². The predicted octanol–water partition coefficient (Wildman–Crippen LogP) is 3.04. The standard InChI is InChI=1S/C14H14BrN5/c1-20(2)12-6-5-11-14(18-12)19-13(17-11)8-3-4-10(16)9(15)7-8/h3-7H,16H2,1-2H3,(H,17,18,19). The first-order valence-corrected chi connectivity index (χ1v) is 6.93. The van der Waals surface area contributed by atoms with Crippen molar-refractivity contribution in [1.29, 1.82) is 0 Å². The van der Waals surface area contributed by atoms with Gasteiger partial charge in [-0.05, 0) is 46.3 Å². The van der Waals surface area contributed by atoms with E-state index < -0.39 is 0 Å². The second kappa shape index (κ2) is 4.79. The van der Waals surface area contributed by atoms with E-state index >= 15 is 0 Å². The molecular weight excluding hydrogens is 318 g/mol. The number of fused-ring (bicyclic) bond motifs is 1. The van der Waals surface area contributed by atoms with E-state index in [1.165, 1.54) is 0 Å². The van der Waals surface area contributed by atoms with Crippen molar-refractivity contribution < 1.29 is 0 Å². The Balaban J connectivity index is 2.10. The molecule has 1 aromatic carbocycles. The lowest BCUT2D eigenvalue weighted by atomic mass is 10.2. The van der Waals surface area contributed by atoms with E-state index in [1.807, 2.05) is 49.3 Å². The van der Waals surface area contributed by atoms with E-state index in [2.05, 4.69) is 30.9 Å². The molecule has 20 heavy (non-hydrogen) atoms. The molecule has 0 saturated heterocycles. The van der Waals surface area contributed by atoms with Crippen LogP contribution < -0.4 is 10.6 Å². The lowest BCUT2D eigenvalue weighted by molar-refractivity contribution is 1.08. The molecule has 3 N–H and O–H groups in total. The molecule has 2 heterocycles. The summed E-state index contributed by atoms with van der Waals surface area (Å²) in [6.07, 6.45) is 0. The Morgan fingerprint density at radius 2 is 1.95 bits per heavy atom. The minimum atomic E-state index is 0.706. The third-order valence-electron chi connectivity index (χ3n) is 3.06. The van der Waals surface area contributed by atoms with Crippen molar-refractivity contribution in [3.63, 3.8) is 0 Å². The van der Waals surface area contributed by atoms with Gasteiger partial charge in [0, 0.05) is 29.8 Å². The van der Waals surface area contributed by atoms with Crippen molar-refractivity contribution in [3.05, 3.63) is 34.8 Å². The van der Waals surface area contributed by atoms with Gasteiger partial charge in [0.05, 0.1) is 5.52 Å². The zero-order chi connectivity index (χ0) is 14.3. The first-order valence-electron chi connectivity index (χ1n) is 6.14. The summed E-state index contributed by atoms with van der Waals surface area (Å²) in [5.41, 5.74) is 9.10. The van der Waals surface area contributed by atoms with Crippen LogP contribution in [0.15, 0.2) is 34.8 Å². The van der Waals surface area contributed by atoms with Gasteiger partial charge in [0.1, 0.15) is 11.6 Å². The average molecular weight is 332 g/mol. The summed E-state index contributed by atoms with van der Waals surface area (Å²) >= 11 is 3.43. The number of nitrogens with two attached hydrogens (primary N) is 1. The summed E-state index contributed by atoms with van der Waals surface area (Å²) in [5, 5.41) is 0. The molecule has 0 atom stereocenters. The highest BCUT2D eigenvalue weighted by Gasteiger charge is 2.09. The monoisotopic (exact) mass is 331 g/mol. The largest absolute Gasteiger partial charge is 0.398 e. The van der Waals surface area contributed by atoms with Crippen LogP contribution in [0.5, 0.6) is 0 Å². The fourth-order valence-corrected chi connectivity index (χ4v) is 2.32. The smallest absolute Gasteiger partial charge is 0.180 e. The SMILES string of the molecule is CN(C)c1ccc2[nH]c(-c3ccc(N)c(Br)c3)nc2n1. The Bertz CT molecular complexity index is 778. The number of nitrogens with one attached hydrogen (secondary N) is 1. The van der Waals surface area contributed by atoms with Gasteiger partial charge in [-0.3, -0.25) is 0 Å². The number of hydrogen-bond donors (Lipinski definition) is 2. The van der Waals surface area contributed by atoms with Gasteiger partial charge in [0.15, 0.2) is 5.65 Å². The van der Waals surface area contributed by atoms with Crippen molar-refractivity contribution in [2.75, 3.05) is 24.7 Å². The van der Waals surface area contributed by atoms with E-state index in [0.29, 0.717) is 11.3 Å². The molecule has 0 saturated carbocycles. The lowest BCUT2D eigenvalue weighted by Gasteiger charge is -2.09. The number of H-pyrrole nitrogens is 1. The second-order valence-corrected chi connectivity index (χ2v) is 5.61. The zero-order valence-corrected chi connectivity index (χ0v) is 12.8. The normalized spacial score (nSPS) is 10.9. The molecule has 0 aliphatic heterocycles. The summed E-state index contributed by atoms with van der Waals surface area (Å²) < 4.78 is 0.859. The van der Waals surface area contributed by atoms with Crippen LogP contribution in [0.2, 0.25) is 0 Å². The van der Waals surface area contributed by atoms with Crippen LogP contribution in [0.1, 0.15) is 0 Å². The third-order valence-corrected chi connectivity index (χ3v) is 3.75. The van der Waals surface area contributed by atoms with Gasteiger partial charge in [0.2, 0.25) is 0 Å². The zero-order valence-electron chi connectivity index (χ0n) is 11.2. The van der Waals surface area contributed by atoms with Crippen LogP contribution in [0.3, 0.4) is 0 Å². The van der Waals surface area contributed by atoms with Crippen molar-refractivity contribution in [2.45, 2.75) is 0 Å². The van der Waals surface area contributed by atoms with Crippen LogP contribution in [0.25, 0.3) is 22.6 Å². The van der Waals surface area contributed by atoms with Gasteiger partial charge < -0.3 is 15.6 Å². The number of nitrogen functional groups attached to an aromatic ring is 1. The van der Waals surface area contributed by atoms with Gasteiger partial charge in [0.25, 0.3) is 0 Å². The second-order valence-electron chi connectivity index (χ2n) is 4.76. The van der Waals surface area contributed by atoms with Crippen molar-refractivity contribution in [1.82, 2.24) is 15.0 Å². The van der Waals surface area contributed by atoms with Gasteiger partial charge in [-0.1, -0.05) is 0 Å². The number of anilines is 2. The summed E-state index contributed by atoms with van der Waals surface area (Å²) in [6, 6.07) is 9.68. The number of benzene rings is 1. The number of nitrogens with zero attached hydrogens (tertiary/aromatic N) is 3. The first-order chi connectivity index (χ1) is 9.54. The van der Waals surface area contributed by atoms with Crippen LogP contribution in [0.4, 0.5) is 11.5 Å². The molecule has 0 amide bonds. The number of rotatable bonds is 2. The molecule has 0 fully saturated rings. The highest BCUT2D eigenvalue weighted by molar-refractivity contribution is 9.10. The predicted molar refractivity (Wildman–Crippen MR) is 85.8 cm³/mol. The van der Waals surface area contributed by atoms with Crippen molar-refractivity contribution in [2.24, 2.45) is 0 Å². The van der Waals surface area contributed by atoms with E-state index in [-0.39, 0.29) is 0 Å². The summed E-state index contributed by atoms with van der Waals surface area (Å²) in [4.78, 5) is 14.3. The van der Waals surface area contributed by atoms with Gasteiger partial charge >= 0.3 is 0 Å². The highest BCUT2D eigenvalue weighted by atomic mass is 79.9. The maximum absolute atomic E-state index is 5.80. The maximum atomic E-state index is 5.80. The number of hydrogen-bond acceptors (Lipinski definition) is 4. The highest BCUT2D eigenvalue weighted by Crippen LogP contribution is 2.27. The first kappa shape index (κ1) is 12.9. The average Bonchev–Trinajstić information content (AvgIpc) is 2.84. The Kier molecular flexibility index (Phi) is 3.10. The molecule has 102 valence electrons. The maximum Gasteiger partial charge on any atom is 0.180 e. The van der Waals surface area contributed by atoms with Crippen LogP contribution in [0, 0.1) is 0 Å². The molecule has 6 heteroatoms. The van der Waals surface area contributed by atoms with E-state index in [0.717, 1.165) is 27.2 Å². The number of imidazole rings is 1. The molecule has 0 aliphatic rings. The summed E-state index contributed by atoms with van der Waals surface area (Å²) in [5.74, 6) is 1.66.